The highest BCUT2D eigenvalue weighted by molar-refractivity contribution is 5.95. The molecule has 1 rings (SSSR count). The fraction of sp³-hybridized carbons (Fsp3) is 0.500. The summed E-state index contributed by atoms with van der Waals surface area (Å²) in [6.07, 6.45) is 0.840. The number of hydrogen-bond donors (Lipinski definition) is 1. The second-order valence-corrected chi connectivity index (χ2v) is 3.89. The lowest BCUT2D eigenvalue weighted by Crippen LogP contribution is -2.13. The van der Waals surface area contributed by atoms with Crippen molar-refractivity contribution in [2.45, 2.75) is 6.42 Å². The van der Waals surface area contributed by atoms with Gasteiger partial charge in [-0.2, -0.15) is 0 Å². The molecule has 0 aliphatic heterocycles. The molecule has 0 saturated heterocycles. The van der Waals surface area contributed by atoms with Crippen molar-refractivity contribution in [1.29, 1.82) is 0 Å². The predicted molar refractivity (Wildman–Crippen MR) is 73.6 cm³/mol. The van der Waals surface area contributed by atoms with Gasteiger partial charge in [0.15, 0.2) is 0 Å². The molecule has 5 heteroatoms. The average Bonchev–Trinajstić information content (AvgIpc) is 2.46. The van der Waals surface area contributed by atoms with Crippen molar-refractivity contribution in [3.05, 3.63) is 29.8 Å². The predicted octanol–water partition coefficient (Wildman–Crippen LogP) is 1.94. The van der Waals surface area contributed by atoms with Crippen LogP contribution in [0.3, 0.4) is 0 Å². The lowest BCUT2D eigenvalue weighted by molar-refractivity contribution is 0.0289. The van der Waals surface area contributed by atoms with Gasteiger partial charge in [-0.05, 0) is 18.6 Å². The summed E-state index contributed by atoms with van der Waals surface area (Å²) in [5.74, 6) is -0.342. The van der Waals surface area contributed by atoms with Gasteiger partial charge in [0.25, 0.3) is 0 Å². The van der Waals surface area contributed by atoms with E-state index < -0.39 is 0 Å². The average molecular weight is 267 g/mol. The van der Waals surface area contributed by atoms with Crippen LogP contribution in [-0.2, 0) is 14.2 Å². The highest BCUT2D eigenvalue weighted by atomic mass is 16.6. The quantitative estimate of drug-likeness (QED) is 0.547. The summed E-state index contributed by atoms with van der Waals surface area (Å²) >= 11 is 0. The van der Waals surface area contributed by atoms with Gasteiger partial charge in [-0.1, -0.05) is 12.1 Å². The molecule has 106 valence electrons. The molecule has 0 aromatic heterocycles. The highest BCUT2D eigenvalue weighted by Gasteiger charge is 2.10. The van der Waals surface area contributed by atoms with E-state index in [1.165, 1.54) is 0 Å². The number of carbonyl (C=O) groups excluding carboxylic acids is 1. The second kappa shape index (κ2) is 9.35. The SMILES string of the molecule is CNc1ccccc1C(=O)OCCOCCCOC. The number of carbonyl (C=O) groups is 1. The molecule has 0 aliphatic carbocycles. The molecule has 19 heavy (non-hydrogen) atoms. The Morgan fingerprint density at radius 1 is 1.16 bits per heavy atom. The van der Waals surface area contributed by atoms with Crippen molar-refractivity contribution in [3.8, 4) is 0 Å². The van der Waals surface area contributed by atoms with Crippen molar-refractivity contribution in [3.63, 3.8) is 0 Å². The van der Waals surface area contributed by atoms with Crippen LogP contribution in [0.25, 0.3) is 0 Å². The van der Waals surface area contributed by atoms with E-state index >= 15 is 0 Å². The number of nitrogens with one attached hydrogen (secondary N) is 1. The van der Waals surface area contributed by atoms with Gasteiger partial charge >= 0.3 is 5.97 Å². The van der Waals surface area contributed by atoms with Crippen molar-refractivity contribution >= 4 is 11.7 Å². The van der Waals surface area contributed by atoms with E-state index in [1.54, 1.807) is 26.3 Å². The number of esters is 1. The lowest BCUT2D eigenvalue weighted by Gasteiger charge is -2.09. The van der Waals surface area contributed by atoms with E-state index in [4.69, 9.17) is 14.2 Å². The monoisotopic (exact) mass is 267 g/mol. The zero-order valence-electron chi connectivity index (χ0n) is 11.5. The first-order chi connectivity index (χ1) is 9.29. The Kier molecular flexibility index (Phi) is 7.62. The molecule has 0 saturated carbocycles. The van der Waals surface area contributed by atoms with E-state index in [2.05, 4.69) is 5.32 Å². The third kappa shape index (κ3) is 5.72. The van der Waals surface area contributed by atoms with Gasteiger partial charge in [0.1, 0.15) is 6.61 Å². The number of para-hydroxylation sites is 1. The zero-order chi connectivity index (χ0) is 13.9. The van der Waals surface area contributed by atoms with Crippen molar-refractivity contribution in [2.24, 2.45) is 0 Å². The number of methoxy groups -OCH3 is 1. The Hall–Kier alpha value is -1.59. The summed E-state index contributed by atoms with van der Waals surface area (Å²) < 4.78 is 15.3. The molecule has 0 aliphatic rings. The van der Waals surface area contributed by atoms with Crippen molar-refractivity contribution in [2.75, 3.05) is 45.9 Å². The van der Waals surface area contributed by atoms with E-state index in [0.29, 0.717) is 25.4 Å². The molecule has 0 radical (unpaired) electrons. The zero-order valence-corrected chi connectivity index (χ0v) is 11.5. The molecule has 0 atom stereocenters. The molecule has 0 spiro atoms. The van der Waals surface area contributed by atoms with E-state index in [-0.39, 0.29) is 12.6 Å². The van der Waals surface area contributed by atoms with Gasteiger partial charge in [0.05, 0.1) is 12.2 Å². The Labute approximate surface area is 113 Å². The molecule has 0 unspecified atom stereocenters. The van der Waals surface area contributed by atoms with Crippen molar-refractivity contribution in [1.82, 2.24) is 0 Å². The minimum absolute atomic E-state index is 0.254. The smallest absolute Gasteiger partial charge is 0.340 e. The Balaban J connectivity index is 2.24. The molecule has 1 N–H and O–H groups in total. The van der Waals surface area contributed by atoms with E-state index in [9.17, 15) is 4.79 Å². The fourth-order valence-corrected chi connectivity index (χ4v) is 1.56. The number of benzene rings is 1. The summed E-state index contributed by atoms with van der Waals surface area (Å²) in [6, 6.07) is 7.23. The first-order valence-electron chi connectivity index (χ1n) is 6.30. The summed E-state index contributed by atoms with van der Waals surface area (Å²) in [4.78, 5) is 11.8. The maximum absolute atomic E-state index is 11.8. The third-order valence-corrected chi connectivity index (χ3v) is 2.51. The normalized spacial score (nSPS) is 10.2. The maximum Gasteiger partial charge on any atom is 0.340 e. The summed E-state index contributed by atoms with van der Waals surface area (Å²) in [5, 5.41) is 2.96. The molecule has 0 heterocycles. The van der Waals surface area contributed by atoms with Gasteiger partial charge in [0.2, 0.25) is 0 Å². The van der Waals surface area contributed by atoms with Crippen molar-refractivity contribution < 1.29 is 19.0 Å². The maximum atomic E-state index is 11.8. The van der Waals surface area contributed by atoms with Crippen LogP contribution in [0.15, 0.2) is 24.3 Å². The lowest BCUT2D eigenvalue weighted by atomic mass is 10.2. The van der Waals surface area contributed by atoms with Crippen LogP contribution in [0, 0.1) is 0 Å². The molecule has 0 amide bonds. The molecule has 1 aromatic rings. The second-order valence-electron chi connectivity index (χ2n) is 3.89. The summed E-state index contributed by atoms with van der Waals surface area (Å²) in [5.41, 5.74) is 1.29. The van der Waals surface area contributed by atoms with Crippen LogP contribution in [0.1, 0.15) is 16.8 Å². The minimum atomic E-state index is -0.342. The first-order valence-corrected chi connectivity index (χ1v) is 6.30. The fourth-order valence-electron chi connectivity index (χ4n) is 1.56. The molecular formula is C14H21NO4. The third-order valence-electron chi connectivity index (χ3n) is 2.51. The molecular weight excluding hydrogens is 246 g/mol. The van der Waals surface area contributed by atoms with Gasteiger partial charge < -0.3 is 19.5 Å². The van der Waals surface area contributed by atoms with Gasteiger partial charge in [0, 0.05) is 33.1 Å². The number of ether oxygens (including phenoxy) is 3. The van der Waals surface area contributed by atoms with Crippen LogP contribution >= 0.6 is 0 Å². The van der Waals surface area contributed by atoms with Gasteiger partial charge in [-0.3, -0.25) is 0 Å². The molecule has 0 fully saturated rings. The van der Waals surface area contributed by atoms with Gasteiger partial charge in [-0.15, -0.1) is 0 Å². The number of rotatable bonds is 9. The van der Waals surface area contributed by atoms with Crippen LogP contribution in [0.2, 0.25) is 0 Å². The number of anilines is 1. The van der Waals surface area contributed by atoms with E-state index in [1.807, 2.05) is 12.1 Å². The first kappa shape index (κ1) is 15.5. The van der Waals surface area contributed by atoms with Crippen LogP contribution < -0.4 is 5.32 Å². The number of hydrogen-bond acceptors (Lipinski definition) is 5. The van der Waals surface area contributed by atoms with E-state index in [0.717, 1.165) is 12.1 Å². The Morgan fingerprint density at radius 2 is 1.95 bits per heavy atom. The molecule has 0 bridgehead atoms. The minimum Gasteiger partial charge on any atom is -0.460 e. The highest BCUT2D eigenvalue weighted by Crippen LogP contribution is 2.14. The molecule has 5 nitrogen and oxygen atoms in total. The standard InChI is InChI=1S/C14H21NO4/c1-15-13-7-4-3-6-12(13)14(16)19-11-10-18-9-5-8-17-2/h3-4,6-7,15H,5,8-11H2,1-2H3. The summed E-state index contributed by atoms with van der Waals surface area (Å²) in [6.45, 7) is 1.94. The van der Waals surface area contributed by atoms with Crippen LogP contribution in [0.4, 0.5) is 5.69 Å². The Morgan fingerprint density at radius 3 is 2.68 bits per heavy atom. The largest absolute Gasteiger partial charge is 0.460 e. The van der Waals surface area contributed by atoms with Crippen LogP contribution in [-0.4, -0.2) is 46.6 Å². The van der Waals surface area contributed by atoms with Gasteiger partial charge in [-0.25, -0.2) is 4.79 Å². The molecule has 1 aromatic carbocycles. The topological polar surface area (TPSA) is 56.8 Å². The summed E-state index contributed by atoms with van der Waals surface area (Å²) in [7, 11) is 3.42. The Bertz CT molecular complexity index is 381. The van der Waals surface area contributed by atoms with Crippen LogP contribution in [0.5, 0.6) is 0 Å².